The minimum Gasteiger partial charge on any atom is -0.339 e. The van der Waals surface area contributed by atoms with E-state index in [1.54, 1.807) is 12.1 Å². The second-order valence-corrected chi connectivity index (χ2v) is 8.78. The molecule has 156 valence electrons. The summed E-state index contributed by atoms with van der Waals surface area (Å²) in [6.45, 7) is 0. The van der Waals surface area contributed by atoms with Gasteiger partial charge in [0.05, 0.1) is 5.69 Å². The first-order chi connectivity index (χ1) is 14.7. The summed E-state index contributed by atoms with van der Waals surface area (Å²) in [5.41, 5.74) is 1.58. The lowest BCUT2D eigenvalue weighted by molar-refractivity contribution is -0.116. The van der Waals surface area contributed by atoms with Crippen LogP contribution in [0.3, 0.4) is 0 Å². The largest absolute Gasteiger partial charge is 0.339 e. The van der Waals surface area contributed by atoms with Crippen molar-refractivity contribution in [3.63, 3.8) is 0 Å². The van der Waals surface area contributed by atoms with Gasteiger partial charge in [-0.05, 0) is 55.7 Å². The Balaban J connectivity index is 1.27. The molecule has 0 bridgehead atoms. The van der Waals surface area contributed by atoms with Gasteiger partial charge in [0.2, 0.25) is 17.6 Å². The quantitative estimate of drug-likeness (QED) is 0.489. The Bertz CT molecular complexity index is 984. The van der Waals surface area contributed by atoms with E-state index in [2.05, 4.69) is 21.5 Å². The van der Waals surface area contributed by atoms with Crippen LogP contribution in [0.15, 0.2) is 57.9 Å². The summed E-state index contributed by atoms with van der Waals surface area (Å²) in [4.78, 5) is 17.9. The number of thioether (sulfide) groups is 1. The fourth-order valence-electron chi connectivity index (χ4n) is 3.54. The molecule has 7 heteroatoms. The Morgan fingerprint density at radius 3 is 2.70 bits per heavy atom. The summed E-state index contributed by atoms with van der Waals surface area (Å²) < 4.78 is 18.3. The fourth-order valence-corrected chi connectivity index (χ4v) is 4.88. The van der Waals surface area contributed by atoms with Crippen LogP contribution in [0.5, 0.6) is 0 Å². The number of halogens is 1. The van der Waals surface area contributed by atoms with Crippen molar-refractivity contribution < 1.29 is 13.7 Å². The van der Waals surface area contributed by atoms with Crippen LogP contribution >= 0.6 is 11.8 Å². The molecular weight excluding hydrogens is 401 g/mol. The van der Waals surface area contributed by atoms with E-state index >= 15 is 0 Å². The van der Waals surface area contributed by atoms with E-state index in [9.17, 15) is 9.18 Å². The van der Waals surface area contributed by atoms with E-state index in [1.165, 1.54) is 37.8 Å². The van der Waals surface area contributed by atoms with Crippen molar-refractivity contribution in [2.24, 2.45) is 0 Å². The number of aromatic nitrogens is 2. The number of aryl methyl sites for hydroxylation is 1. The van der Waals surface area contributed by atoms with Crippen molar-refractivity contribution >= 4 is 23.4 Å². The standard InChI is InChI=1S/C23H24FN3O2S/c24-17-14-12-16(13-15-17)23-26-22(29-27-23)11-5-10-21(28)25-19-8-3-4-9-20(19)30-18-6-1-2-7-18/h3-4,8-9,12-15,18H,1-2,5-7,10-11H2,(H,25,28). The van der Waals surface area contributed by atoms with Crippen LogP contribution in [0.2, 0.25) is 0 Å². The van der Waals surface area contributed by atoms with E-state index in [-0.39, 0.29) is 11.7 Å². The maximum absolute atomic E-state index is 13.0. The summed E-state index contributed by atoms with van der Waals surface area (Å²) in [6.07, 6.45) is 6.58. The highest BCUT2D eigenvalue weighted by atomic mass is 32.2. The Morgan fingerprint density at radius 1 is 1.13 bits per heavy atom. The van der Waals surface area contributed by atoms with E-state index < -0.39 is 0 Å². The van der Waals surface area contributed by atoms with Gasteiger partial charge in [-0.3, -0.25) is 4.79 Å². The Kier molecular flexibility index (Phi) is 6.79. The van der Waals surface area contributed by atoms with Crippen molar-refractivity contribution in [2.45, 2.75) is 55.1 Å². The van der Waals surface area contributed by atoms with Gasteiger partial charge < -0.3 is 9.84 Å². The molecule has 1 amide bonds. The van der Waals surface area contributed by atoms with Gasteiger partial charge in [-0.15, -0.1) is 11.8 Å². The van der Waals surface area contributed by atoms with Crippen LogP contribution in [0, 0.1) is 5.82 Å². The summed E-state index contributed by atoms with van der Waals surface area (Å²) in [6, 6.07) is 13.9. The van der Waals surface area contributed by atoms with Crippen LogP contribution in [0.1, 0.15) is 44.4 Å². The Morgan fingerprint density at radius 2 is 1.90 bits per heavy atom. The highest BCUT2D eigenvalue weighted by Crippen LogP contribution is 2.38. The first-order valence-corrected chi connectivity index (χ1v) is 11.2. The number of hydrogen-bond acceptors (Lipinski definition) is 5. The van der Waals surface area contributed by atoms with Crippen LogP contribution in [0.25, 0.3) is 11.4 Å². The number of hydrogen-bond donors (Lipinski definition) is 1. The third kappa shape index (κ3) is 5.48. The number of nitrogens with zero attached hydrogens (tertiary/aromatic N) is 2. The Labute approximate surface area is 179 Å². The SMILES string of the molecule is O=C(CCCc1nc(-c2ccc(F)cc2)no1)Nc1ccccc1SC1CCCC1. The van der Waals surface area contributed by atoms with Crippen LogP contribution < -0.4 is 5.32 Å². The molecule has 1 aromatic heterocycles. The second-order valence-electron chi connectivity index (χ2n) is 7.44. The number of para-hydroxylation sites is 1. The normalized spacial score (nSPS) is 14.2. The van der Waals surface area contributed by atoms with E-state index in [0.717, 1.165) is 10.6 Å². The lowest BCUT2D eigenvalue weighted by Gasteiger charge is -2.14. The van der Waals surface area contributed by atoms with E-state index in [1.807, 2.05) is 30.0 Å². The second kappa shape index (κ2) is 9.89. The number of benzene rings is 2. The van der Waals surface area contributed by atoms with Crippen molar-refractivity contribution in [1.29, 1.82) is 0 Å². The molecule has 0 aliphatic heterocycles. The molecule has 1 aliphatic carbocycles. The van der Waals surface area contributed by atoms with Gasteiger partial charge in [-0.25, -0.2) is 4.39 Å². The third-order valence-corrected chi connectivity index (χ3v) is 6.54. The molecule has 1 heterocycles. The predicted molar refractivity (Wildman–Crippen MR) is 116 cm³/mol. The molecule has 1 fully saturated rings. The predicted octanol–water partition coefficient (Wildman–Crippen LogP) is 5.87. The first-order valence-electron chi connectivity index (χ1n) is 10.3. The molecule has 0 unspecified atom stereocenters. The number of rotatable bonds is 8. The van der Waals surface area contributed by atoms with Crippen LogP contribution in [-0.4, -0.2) is 21.3 Å². The van der Waals surface area contributed by atoms with Gasteiger partial charge in [0.15, 0.2) is 0 Å². The van der Waals surface area contributed by atoms with Crippen LogP contribution in [0.4, 0.5) is 10.1 Å². The molecule has 1 N–H and O–H groups in total. The maximum Gasteiger partial charge on any atom is 0.226 e. The molecule has 2 aromatic carbocycles. The first kappa shape index (κ1) is 20.6. The summed E-state index contributed by atoms with van der Waals surface area (Å²) in [5.74, 6) is 0.566. The zero-order valence-electron chi connectivity index (χ0n) is 16.6. The topological polar surface area (TPSA) is 68.0 Å². The number of anilines is 1. The number of carbonyl (C=O) groups is 1. The lowest BCUT2D eigenvalue weighted by Crippen LogP contribution is -2.12. The number of amides is 1. The third-order valence-electron chi connectivity index (χ3n) is 5.12. The summed E-state index contributed by atoms with van der Waals surface area (Å²) in [7, 11) is 0. The molecular formula is C23H24FN3O2S. The van der Waals surface area contributed by atoms with Gasteiger partial charge in [0.25, 0.3) is 0 Å². The molecule has 3 aromatic rings. The van der Waals surface area contributed by atoms with Crippen molar-refractivity contribution in [2.75, 3.05) is 5.32 Å². The lowest BCUT2D eigenvalue weighted by atomic mass is 10.2. The average Bonchev–Trinajstić information content (AvgIpc) is 3.42. The van der Waals surface area contributed by atoms with E-state index in [4.69, 9.17) is 4.52 Å². The number of nitrogens with one attached hydrogen (secondary N) is 1. The monoisotopic (exact) mass is 425 g/mol. The summed E-state index contributed by atoms with van der Waals surface area (Å²) >= 11 is 1.87. The minimum absolute atomic E-state index is 0.0206. The molecule has 0 radical (unpaired) electrons. The zero-order valence-corrected chi connectivity index (χ0v) is 17.5. The molecule has 0 saturated heterocycles. The highest BCUT2D eigenvalue weighted by Gasteiger charge is 2.18. The molecule has 4 rings (SSSR count). The molecule has 0 spiro atoms. The minimum atomic E-state index is -0.309. The molecule has 0 atom stereocenters. The molecule has 1 aliphatic rings. The van der Waals surface area contributed by atoms with Crippen LogP contribution in [-0.2, 0) is 11.2 Å². The van der Waals surface area contributed by atoms with Crippen molar-refractivity contribution in [3.05, 3.63) is 60.2 Å². The molecule has 30 heavy (non-hydrogen) atoms. The fraction of sp³-hybridized carbons (Fsp3) is 0.348. The van der Waals surface area contributed by atoms with Crippen molar-refractivity contribution in [3.8, 4) is 11.4 Å². The summed E-state index contributed by atoms with van der Waals surface area (Å²) in [5, 5.41) is 7.62. The van der Waals surface area contributed by atoms with Crippen molar-refractivity contribution in [1.82, 2.24) is 10.1 Å². The van der Waals surface area contributed by atoms with Gasteiger partial charge >= 0.3 is 0 Å². The highest BCUT2D eigenvalue weighted by molar-refractivity contribution is 8.00. The van der Waals surface area contributed by atoms with Gasteiger partial charge in [0.1, 0.15) is 5.82 Å². The molecule has 5 nitrogen and oxygen atoms in total. The van der Waals surface area contributed by atoms with Gasteiger partial charge in [-0.2, -0.15) is 4.98 Å². The Hall–Kier alpha value is -2.67. The molecule has 1 saturated carbocycles. The number of carbonyl (C=O) groups excluding carboxylic acids is 1. The van der Waals surface area contributed by atoms with Gasteiger partial charge in [0, 0.05) is 28.6 Å². The zero-order chi connectivity index (χ0) is 20.8. The maximum atomic E-state index is 13.0. The average molecular weight is 426 g/mol. The van der Waals surface area contributed by atoms with Gasteiger partial charge in [-0.1, -0.05) is 30.1 Å². The van der Waals surface area contributed by atoms with E-state index in [0.29, 0.717) is 41.8 Å². The smallest absolute Gasteiger partial charge is 0.226 e.